The Balaban J connectivity index is 1.82. The van der Waals surface area contributed by atoms with Crippen LogP contribution in [0, 0.1) is 0 Å². The smallest absolute Gasteiger partial charge is 0.315 e. The number of urea groups is 1. The maximum atomic E-state index is 11.9. The predicted molar refractivity (Wildman–Crippen MR) is 94.3 cm³/mol. The van der Waals surface area contributed by atoms with Gasteiger partial charge in [-0.3, -0.25) is 4.79 Å². The molecule has 3 amide bonds. The van der Waals surface area contributed by atoms with E-state index in [-0.39, 0.29) is 11.9 Å². The van der Waals surface area contributed by atoms with Crippen LogP contribution in [0.1, 0.15) is 28.4 Å². The van der Waals surface area contributed by atoms with E-state index in [4.69, 9.17) is 4.74 Å². The van der Waals surface area contributed by atoms with E-state index in [1.54, 1.807) is 43.6 Å². The van der Waals surface area contributed by atoms with Crippen molar-refractivity contribution in [2.75, 3.05) is 13.7 Å². The number of benzene rings is 1. The van der Waals surface area contributed by atoms with Gasteiger partial charge in [0.15, 0.2) is 0 Å². The van der Waals surface area contributed by atoms with Crippen molar-refractivity contribution in [2.24, 2.45) is 0 Å². The Bertz CT molecular complexity index is 717. The molecule has 0 spiro atoms. The summed E-state index contributed by atoms with van der Waals surface area (Å²) in [6.45, 7) is 3.09. The molecule has 7 heteroatoms. The lowest BCUT2D eigenvalue weighted by atomic mass is 10.1. The van der Waals surface area contributed by atoms with Gasteiger partial charge in [0.05, 0.1) is 6.61 Å². The second-order valence-corrected chi connectivity index (χ2v) is 5.21. The average Bonchev–Trinajstić information content (AvgIpc) is 2.65. The van der Waals surface area contributed by atoms with E-state index in [1.807, 2.05) is 13.0 Å². The van der Waals surface area contributed by atoms with E-state index in [0.717, 1.165) is 11.1 Å². The van der Waals surface area contributed by atoms with Crippen molar-refractivity contribution in [1.29, 1.82) is 0 Å². The summed E-state index contributed by atoms with van der Waals surface area (Å²) in [6, 6.07) is 10.4. The number of carbonyl (C=O) groups is 2. The fourth-order valence-corrected chi connectivity index (χ4v) is 2.16. The number of nitrogens with zero attached hydrogens (tertiary/aromatic N) is 1. The Morgan fingerprint density at radius 1 is 1.08 bits per heavy atom. The number of carbonyl (C=O) groups excluding carboxylic acids is 2. The molecule has 2 aromatic rings. The van der Waals surface area contributed by atoms with E-state index in [0.29, 0.717) is 31.1 Å². The topological polar surface area (TPSA) is 92.3 Å². The Hall–Kier alpha value is -3.09. The minimum atomic E-state index is -0.290. The minimum Gasteiger partial charge on any atom is -0.478 e. The number of hydrogen-bond acceptors (Lipinski definition) is 4. The molecule has 3 N–H and O–H groups in total. The van der Waals surface area contributed by atoms with Crippen molar-refractivity contribution < 1.29 is 14.3 Å². The van der Waals surface area contributed by atoms with E-state index >= 15 is 0 Å². The largest absolute Gasteiger partial charge is 0.478 e. The summed E-state index contributed by atoms with van der Waals surface area (Å²) in [4.78, 5) is 27.6. The Labute approximate surface area is 146 Å². The zero-order valence-corrected chi connectivity index (χ0v) is 14.3. The molecule has 0 saturated heterocycles. The van der Waals surface area contributed by atoms with Crippen molar-refractivity contribution >= 4 is 11.9 Å². The van der Waals surface area contributed by atoms with Crippen LogP contribution in [0.25, 0.3) is 0 Å². The summed E-state index contributed by atoms with van der Waals surface area (Å²) in [5.74, 6) is 0.383. The van der Waals surface area contributed by atoms with Crippen molar-refractivity contribution in [1.82, 2.24) is 20.9 Å². The van der Waals surface area contributed by atoms with Crippen LogP contribution in [0.2, 0.25) is 0 Å². The quantitative estimate of drug-likeness (QED) is 0.716. The van der Waals surface area contributed by atoms with Crippen molar-refractivity contribution in [3.8, 4) is 5.88 Å². The first-order valence-electron chi connectivity index (χ1n) is 8.03. The van der Waals surface area contributed by atoms with Gasteiger partial charge in [0.25, 0.3) is 5.91 Å². The predicted octanol–water partition coefficient (Wildman–Crippen LogP) is 1.84. The molecular formula is C18H22N4O3. The van der Waals surface area contributed by atoms with Gasteiger partial charge in [0, 0.05) is 37.5 Å². The molecule has 7 nitrogen and oxygen atoms in total. The number of nitrogens with one attached hydrogen (secondary N) is 3. The number of amides is 3. The fraction of sp³-hybridized carbons (Fsp3) is 0.278. The van der Waals surface area contributed by atoms with Crippen LogP contribution < -0.4 is 20.7 Å². The minimum absolute atomic E-state index is 0.140. The standard InChI is InChI=1S/C18H22N4O3/c1-3-25-17-15(5-4-10-20-17)12-22-18(24)21-11-13-6-8-14(9-7-13)16(23)19-2/h4-10H,3,11-12H2,1-2H3,(H,19,23)(H2,21,22,24). The molecule has 2 rings (SSSR count). The molecule has 132 valence electrons. The maximum absolute atomic E-state index is 11.9. The molecule has 0 bridgehead atoms. The molecule has 0 unspecified atom stereocenters. The summed E-state index contributed by atoms with van der Waals surface area (Å²) < 4.78 is 5.42. The Kier molecular flexibility index (Phi) is 6.76. The number of pyridine rings is 1. The molecule has 0 radical (unpaired) electrons. The molecule has 0 atom stereocenters. The van der Waals surface area contributed by atoms with E-state index in [2.05, 4.69) is 20.9 Å². The maximum Gasteiger partial charge on any atom is 0.315 e. The first kappa shape index (κ1) is 18.3. The number of hydrogen-bond donors (Lipinski definition) is 3. The summed E-state index contributed by atoms with van der Waals surface area (Å²) >= 11 is 0. The highest BCUT2D eigenvalue weighted by molar-refractivity contribution is 5.93. The van der Waals surface area contributed by atoms with Crippen LogP contribution in [-0.4, -0.2) is 30.6 Å². The van der Waals surface area contributed by atoms with Crippen LogP contribution in [0.4, 0.5) is 4.79 Å². The first-order valence-corrected chi connectivity index (χ1v) is 8.03. The Morgan fingerprint density at radius 3 is 2.48 bits per heavy atom. The fourth-order valence-electron chi connectivity index (χ4n) is 2.16. The van der Waals surface area contributed by atoms with Gasteiger partial charge in [-0.2, -0.15) is 0 Å². The van der Waals surface area contributed by atoms with Gasteiger partial charge in [-0.1, -0.05) is 18.2 Å². The monoisotopic (exact) mass is 342 g/mol. The number of ether oxygens (including phenoxy) is 1. The third-order valence-electron chi connectivity index (χ3n) is 3.47. The SMILES string of the molecule is CCOc1ncccc1CNC(=O)NCc1ccc(C(=O)NC)cc1. The van der Waals surface area contributed by atoms with Gasteiger partial charge >= 0.3 is 6.03 Å². The second-order valence-electron chi connectivity index (χ2n) is 5.21. The van der Waals surface area contributed by atoms with Gasteiger partial charge < -0.3 is 20.7 Å². The molecule has 0 saturated carbocycles. The van der Waals surface area contributed by atoms with E-state index in [1.165, 1.54) is 0 Å². The average molecular weight is 342 g/mol. The van der Waals surface area contributed by atoms with Crippen LogP contribution in [0.3, 0.4) is 0 Å². The second kappa shape index (κ2) is 9.27. The van der Waals surface area contributed by atoms with Crippen molar-refractivity contribution in [2.45, 2.75) is 20.0 Å². The molecular weight excluding hydrogens is 320 g/mol. The highest BCUT2D eigenvalue weighted by atomic mass is 16.5. The lowest BCUT2D eigenvalue weighted by Crippen LogP contribution is -2.34. The molecule has 0 aliphatic carbocycles. The molecule has 1 heterocycles. The number of rotatable bonds is 7. The third kappa shape index (κ3) is 5.49. The lowest BCUT2D eigenvalue weighted by Gasteiger charge is -2.11. The van der Waals surface area contributed by atoms with E-state index in [9.17, 15) is 9.59 Å². The van der Waals surface area contributed by atoms with Crippen LogP contribution >= 0.6 is 0 Å². The normalized spacial score (nSPS) is 10.0. The van der Waals surface area contributed by atoms with Crippen molar-refractivity contribution in [3.05, 3.63) is 59.3 Å². The van der Waals surface area contributed by atoms with Gasteiger partial charge in [0.1, 0.15) is 0 Å². The van der Waals surface area contributed by atoms with Gasteiger partial charge in [-0.15, -0.1) is 0 Å². The van der Waals surface area contributed by atoms with Crippen molar-refractivity contribution in [3.63, 3.8) is 0 Å². The summed E-state index contributed by atoms with van der Waals surface area (Å²) in [5, 5.41) is 8.11. The molecule has 1 aromatic heterocycles. The summed E-state index contributed by atoms with van der Waals surface area (Å²) in [7, 11) is 1.58. The van der Waals surface area contributed by atoms with Crippen LogP contribution in [-0.2, 0) is 13.1 Å². The van der Waals surface area contributed by atoms with Gasteiger partial charge in [0.2, 0.25) is 5.88 Å². The number of aromatic nitrogens is 1. The zero-order valence-electron chi connectivity index (χ0n) is 14.3. The van der Waals surface area contributed by atoms with Crippen LogP contribution in [0.5, 0.6) is 5.88 Å². The molecule has 0 aliphatic rings. The van der Waals surface area contributed by atoms with E-state index < -0.39 is 0 Å². The highest BCUT2D eigenvalue weighted by Crippen LogP contribution is 2.13. The third-order valence-corrected chi connectivity index (χ3v) is 3.47. The Morgan fingerprint density at radius 2 is 1.80 bits per heavy atom. The first-order chi connectivity index (χ1) is 12.1. The zero-order chi connectivity index (χ0) is 18.1. The highest BCUT2D eigenvalue weighted by Gasteiger charge is 2.07. The van der Waals surface area contributed by atoms with Crippen LogP contribution in [0.15, 0.2) is 42.6 Å². The lowest BCUT2D eigenvalue weighted by molar-refractivity contribution is 0.0963. The molecule has 1 aromatic carbocycles. The van der Waals surface area contributed by atoms with Gasteiger partial charge in [-0.25, -0.2) is 9.78 Å². The summed E-state index contributed by atoms with van der Waals surface area (Å²) in [6.07, 6.45) is 1.65. The van der Waals surface area contributed by atoms with Gasteiger partial charge in [-0.05, 0) is 30.7 Å². The summed E-state index contributed by atoms with van der Waals surface area (Å²) in [5.41, 5.74) is 2.30. The molecule has 0 aliphatic heterocycles. The molecule has 25 heavy (non-hydrogen) atoms. The molecule has 0 fully saturated rings.